The lowest BCUT2D eigenvalue weighted by Gasteiger charge is -2.27. The summed E-state index contributed by atoms with van der Waals surface area (Å²) in [4.78, 5) is 13.5. The average molecular weight is 691 g/mol. The number of nitrogens with zero attached hydrogens (tertiary/aromatic N) is 3. The van der Waals surface area contributed by atoms with E-state index in [1.54, 1.807) is 18.2 Å². The van der Waals surface area contributed by atoms with E-state index in [9.17, 15) is 26.2 Å². The van der Waals surface area contributed by atoms with Gasteiger partial charge in [-0.05, 0) is 56.0 Å². The summed E-state index contributed by atoms with van der Waals surface area (Å²) in [6.07, 6.45) is 9.39. The molecule has 0 bridgehead atoms. The Bertz CT molecular complexity index is 1870. The number of hydrogen-bond donors (Lipinski definition) is 2. The number of carboxylic acid groups (broad SMARTS) is 1. The maximum absolute atomic E-state index is 12.8. The topological polar surface area (TPSA) is 136 Å². The summed E-state index contributed by atoms with van der Waals surface area (Å²) in [5, 5.41) is 9.90. The van der Waals surface area contributed by atoms with Crippen molar-refractivity contribution in [1.29, 1.82) is 0 Å². The number of sulfonamides is 1. The molecule has 46 heavy (non-hydrogen) atoms. The molecular weight excluding hydrogens is 647 g/mol. The van der Waals surface area contributed by atoms with E-state index in [1.807, 2.05) is 12.2 Å². The molecule has 0 fully saturated rings. The van der Waals surface area contributed by atoms with E-state index >= 15 is 0 Å². The lowest BCUT2D eigenvalue weighted by Crippen LogP contribution is -2.35. The minimum absolute atomic E-state index is 0.167. The molecule has 0 saturated carbocycles. The molecule has 0 atom stereocenters. The molecule has 10 nitrogen and oxygen atoms in total. The maximum atomic E-state index is 12.8. The van der Waals surface area contributed by atoms with Gasteiger partial charge in [-0.3, -0.25) is 9.35 Å². The molecule has 250 valence electrons. The summed E-state index contributed by atoms with van der Waals surface area (Å²) in [6, 6.07) is 11.5. The molecule has 1 aliphatic rings. The summed E-state index contributed by atoms with van der Waals surface area (Å²) < 4.78 is 61.4. The van der Waals surface area contributed by atoms with Gasteiger partial charge in [-0.25, -0.2) is 12.7 Å². The molecule has 0 spiro atoms. The Morgan fingerprint density at radius 3 is 2.43 bits per heavy atom. The van der Waals surface area contributed by atoms with Gasteiger partial charge in [-0.15, -0.1) is 0 Å². The van der Waals surface area contributed by atoms with Crippen LogP contribution in [0.25, 0.3) is 16.3 Å². The van der Waals surface area contributed by atoms with Gasteiger partial charge in [0.1, 0.15) is 4.70 Å². The monoisotopic (exact) mass is 690 g/mol. The Hall–Kier alpha value is -3.10. The second-order valence-corrected chi connectivity index (χ2v) is 17.2. The zero-order chi connectivity index (χ0) is 33.9. The predicted octanol–water partition coefficient (Wildman–Crippen LogP) is 5.76. The van der Waals surface area contributed by atoms with Crippen LogP contribution in [0.2, 0.25) is 0 Å². The number of unbranched alkanes of at least 4 members (excludes halogenated alkanes) is 3. The van der Waals surface area contributed by atoms with Crippen molar-refractivity contribution >= 4 is 59.4 Å². The lowest BCUT2D eigenvalue weighted by atomic mass is 9.83. The highest BCUT2D eigenvalue weighted by Gasteiger charge is 2.39. The zero-order valence-corrected chi connectivity index (χ0v) is 29.5. The van der Waals surface area contributed by atoms with Gasteiger partial charge in [-0.2, -0.15) is 13.0 Å². The number of aromatic nitrogens is 1. The number of allylic oxidation sites excluding steroid dienone is 3. The highest BCUT2D eigenvalue weighted by molar-refractivity contribution is 7.89. The van der Waals surface area contributed by atoms with Crippen LogP contribution in [0.4, 0.5) is 5.69 Å². The van der Waals surface area contributed by atoms with Crippen molar-refractivity contribution in [2.75, 3.05) is 31.3 Å². The highest BCUT2D eigenvalue weighted by atomic mass is 32.2. The van der Waals surface area contributed by atoms with Gasteiger partial charge in [0.25, 0.3) is 15.1 Å². The first-order chi connectivity index (χ1) is 21.5. The van der Waals surface area contributed by atoms with Gasteiger partial charge < -0.3 is 10.0 Å². The van der Waals surface area contributed by atoms with E-state index in [1.165, 1.54) is 40.9 Å². The molecule has 13 heteroatoms. The smallest absolute Gasteiger partial charge is 0.303 e. The first-order valence-corrected chi connectivity index (χ1v) is 19.2. The fourth-order valence-electron chi connectivity index (χ4n) is 5.84. The number of aryl methyl sites for hydroxylation is 2. The van der Waals surface area contributed by atoms with Crippen molar-refractivity contribution in [3.63, 3.8) is 0 Å². The van der Waals surface area contributed by atoms with Gasteiger partial charge in [0.05, 0.1) is 10.6 Å². The minimum Gasteiger partial charge on any atom is -0.481 e. The third kappa shape index (κ3) is 8.24. The predicted molar refractivity (Wildman–Crippen MR) is 183 cm³/mol. The third-order valence-corrected chi connectivity index (χ3v) is 12.1. The van der Waals surface area contributed by atoms with Crippen LogP contribution in [0.1, 0.15) is 68.5 Å². The Labute approximate surface area is 276 Å². The van der Waals surface area contributed by atoms with Crippen LogP contribution in [0.5, 0.6) is 0 Å². The SMILES string of the molecule is Cc1ccc2c(c1)C(C)(C)/C(=C\C=C\c1sc3cc(S(=O)(=O)N(C)C)ccc3[n+]1CCCCS(=O)(=O)O)N2CCCCCC(=O)O. The van der Waals surface area contributed by atoms with E-state index in [4.69, 9.17) is 5.11 Å². The van der Waals surface area contributed by atoms with Crippen LogP contribution in [0.15, 0.2) is 59.1 Å². The second kappa shape index (κ2) is 14.3. The minimum atomic E-state index is -4.06. The summed E-state index contributed by atoms with van der Waals surface area (Å²) in [5.41, 5.74) is 5.27. The number of aliphatic carboxylic acids is 1. The van der Waals surface area contributed by atoms with E-state index in [-0.39, 0.29) is 28.9 Å². The van der Waals surface area contributed by atoms with Crippen LogP contribution >= 0.6 is 11.3 Å². The largest absolute Gasteiger partial charge is 0.481 e. The van der Waals surface area contributed by atoms with Gasteiger partial charge >= 0.3 is 5.97 Å². The summed E-state index contributed by atoms with van der Waals surface area (Å²) in [5.74, 6) is -1.10. The van der Waals surface area contributed by atoms with E-state index in [0.717, 1.165) is 46.0 Å². The van der Waals surface area contributed by atoms with Crippen LogP contribution in [-0.2, 0) is 36.9 Å². The Morgan fingerprint density at radius 1 is 1.02 bits per heavy atom. The molecule has 0 aliphatic carbocycles. The Kier molecular flexibility index (Phi) is 11.1. The summed E-state index contributed by atoms with van der Waals surface area (Å²) in [6.45, 7) is 7.75. The van der Waals surface area contributed by atoms with Gasteiger partial charge in [0.15, 0.2) is 6.54 Å². The highest BCUT2D eigenvalue weighted by Crippen LogP contribution is 2.48. The fraction of sp³-hybridized carbons (Fsp3) is 0.455. The van der Waals surface area contributed by atoms with Gasteiger partial charge in [-0.1, -0.05) is 55.4 Å². The number of benzene rings is 2. The molecule has 4 rings (SSSR count). The number of thiazole rings is 1. The van der Waals surface area contributed by atoms with E-state index in [0.29, 0.717) is 19.4 Å². The number of hydrogen-bond acceptors (Lipinski definition) is 7. The lowest BCUT2D eigenvalue weighted by molar-refractivity contribution is -0.669. The quantitative estimate of drug-likeness (QED) is 0.117. The molecule has 1 aromatic heterocycles. The normalized spacial score (nSPS) is 15.9. The van der Waals surface area contributed by atoms with Crippen LogP contribution in [0, 0.1) is 6.92 Å². The van der Waals surface area contributed by atoms with Crippen molar-refractivity contribution < 1.29 is 35.9 Å². The second-order valence-electron chi connectivity index (χ2n) is 12.4. The summed E-state index contributed by atoms with van der Waals surface area (Å²) in [7, 11) is -4.70. The first-order valence-electron chi connectivity index (χ1n) is 15.4. The van der Waals surface area contributed by atoms with Crippen molar-refractivity contribution in [3.8, 4) is 0 Å². The van der Waals surface area contributed by atoms with Gasteiger partial charge in [0.2, 0.25) is 15.5 Å². The van der Waals surface area contributed by atoms with E-state index < -0.39 is 26.1 Å². The molecule has 2 heterocycles. The van der Waals surface area contributed by atoms with Crippen LogP contribution in [0.3, 0.4) is 0 Å². The van der Waals surface area contributed by atoms with E-state index in [2.05, 4.69) is 54.5 Å². The Morgan fingerprint density at radius 2 is 1.76 bits per heavy atom. The standard InChI is InChI=1S/C33H43N3O7S3/c1-24-15-17-27-26(22-24)33(2,3)30(35(27)19-8-6-7-14-32(37)38)12-11-13-31-36(20-9-10-21-45(39,40)41)28-18-16-25(23-29(28)44-31)46(42,43)34(4)5/h11-13,15-18,22-23H,6-10,14,19-21H2,1-5H3,(H-,37,38,39,40,41)/p+1. The Balaban J connectivity index is 1.70. The molecule has 0 saturated heterocycles. The number of carbonyl (C=O) groups is 1. The van der Waals surface area contributed by atoms with Crippen molar-refractivity contribution in [3.05, 3.63) is 70.4 Å². The fourth-order valence-corrected chi connectivity index (χ4v) is 8.55. The molecule has 0 unspecified atom stereocenters. The molecule has 3 aromatic rings. The average Bonchev–Trinajstić information content (AvgIpc) is 3.41. The van der Waals surface area contributed by atoms with Crippen molar-refractivity contribution in [2.24, 2.45) is 0 Å². The molecule has 1 aliphatic heterocycles. The maximum Gasteiger partial charge on any atom is 0.303 e. The number of anilines is 1. The van der Waals surface area contributed by atoms with Crippen molar-refractivity contribution in [1.82, 2.24) is 4.31 Å². The van der Waals surface area contributed by atoms with Crippen LogP contribution in [-0.4, -0.2) is 63.2 Å². The third-order valence-electron chi connectivity index (χ3n) is 8.33. The van der Waals surface area contributed by atoms with Crippen molar-refractivity contribution in [2.45, 2.75) is 76.2 Å². The molecule has 2 aromatic carbocycles. The number of rotatable bonds is 15. The molecule has 0 amide bonds. The zero-order valence-electron chi connectivity index (χ0n) is 27.1. The molecule has 0 radical (unpaired) electrons. The number of carboxylic acids is 1. The number of fused-ring (bicyclic) bond motifs is 2. The van der Waals surface area contributed by atoms with Crippen LogP contribution < -0.4 is 9.47 Å². The summed E-state index contributed by atoms with van der Waals surface area (Å²) >= 11 is 1.46. The first kappa shape index (κ1) is 35.7. The van der Waals surface area contributed by atoms with Gasteiger partial charge in [0, 0.05) is 62.4 Å². The molecular formula is C33H44N3O7S3+. The molecule has 2 N–H and O–H groups in total.